The number of ether oxygens (including phenoxy) is 1. The number of nitrogens with zero attached hydrogens (tertiary/aromatic N) is 2. The van der Waals surface area contributed by atoms with E-state index in [1.807, 2.05) is 12.1 Å². The Morgan fingerprint density at radius 2 is 1.96 bits per heavy atom. The van der Waals surface area contributed by atoms with Gasteiger partial charge in [0, 0.05) is 29.9 Å². The molecule has 0 N–H and O–H groups in total. The van der Waals surface area contributed by atoms with E-state index in [1.165, 1.54) is 0 Å². The van der Waals surface area contributed by atoms with E-state index in [9.17, 15) is 14.0 Å². The number of hydrogen-bond donors (Lipinski definition) is 0. The fraction of sp³-hybridized carbons (Fsp3) is 0.556. The number of rotatable bonds is 1. The van der Waals surface area contributed by atoms with Crippen molar-refractivity contribution in [1.82, 2.24) is 9.80 Å². The minimum atomic E-state index is -1.47. The number of hydrogen-bond acceptors (Lipinski definition) is 3. The third-order valence-corrected chi connectivity index (χ3v) is 5.93. The van der Waals surface area contributed by atoms with Gasteiger partial charge in [0.15, 0.2) is 11.5 Å². The molecule has 1 aromatic carbocycles. The summed E-state index contributed by atoms with van der Waals surface area (Å²) in [4.78, 5) is 27.5. The summed E-state index contributed by atoms with van der Waals surface area (Å²) in [5.41, 5.74) is -0.872. The third-order valence-electron chi connectivity index (χ3n) is 5.40. The highest BCUT2D eigenvalue weighted by Gasteiger charge is 2.49. The van der Waals surface area contributed by atoms with Crippen molar-refractivity contribution < 1.29 is 18.7 Å². The number of fused-ring (bicyclic) bond motifs is 1. The lowest BCUT2D eigenvalue weighted by Crippen LogP contribution is -2.63. The fourth-order valence-corrected chi connectivity index (χ4v) is 4.24. The molecule has 25 heavy (non-hydrogen) atoms. The number of amides is 2. The summed E-state index contributed by atoms with van der Waals surface area (Å²) < 4.78 is 21.4. The Morgan fingerprint density at radius 1 is 1.24 bits per heavy atom. The average Bonchev–Trinajstić information content (AvgIpc) is 2.58. The Kier molecular flexibility index (Phi) is 4.32. The van der Waals surface area contributed by atoms with Crippen LogP contribution in [0.1, 0.15) is 18.4 Å². The second kappa shape index (κ2) is 6.36. The van der Waals surface area contributed by atoms with Crippen LogP contribution in [0.2, 0.25) is 0 Å². The van der Waals surface area contributed by atoms with E-state index in [1.54, 1.807) is 21.9 Å². The first kappa shape index (κ1) is 17.0. The van der Waals surface area contributed by atoms with Crippen molar-refractivity contribution in [2.45, 2.75) is 24.6 Å². The lowest BCUT2D eigenvalue weighted by Gasteiger charge is -2.48. The number of likely N-dealkylation sites (tertiary alicyclic amines) is 2. The number of piperidine rings is 1. The molecule has 0 saturated carbocycles. The molecular weight excluding hydrogens is 391 g/mol. The predicted molar refractivity (Wildman–Crippen MR) is 92.9 cm³/mol. The zero-order chi connectivity index (χ0) is 17.6. The summed E-state index contributed by atoms with van der Waals surface area (Å²) in [5.74, 6) is 0.166. The molecule has 0 bridgehead atoms. The van der Waals surface area contributed by atoms with Crippen molar-refractivity contribution in [3.8, 4) is 0 Å². The summed E-state index contributed by atoms with van der Waals surface area (Å²) in [5, 5.41) is 0. The van der Waals surface area contributed by atoms with E-state index in [2.05, 4.69) is 15.9 Å². The van der Waals surface area contributed by atoms with Crippen LogP contribution >= 0.6 is 15.9 Å². The number of benzene rings is 1. The topological polar surface area (TPSA) is 49.9 Å². The van der Waals surface area contributed by atoms with E-state index in [0.29, 0.717) is 25.1 Å². The maximum absolute atomic E-state index is 15.0. The van der Waals surface area contributed by atoms with Crippen molar-refractivity contribution >= 4 is 27.7 Å². The summed E-state index contributed by atoms with van der Waals surface area (Å²) in [6.07, 6.45) is 1.28. The van der Waals surface area contributed by atoms with Gasteiger partial charge in [0.25, 0.3) is 0 Å². The van der Waals surface area contributed by atoms with Gasteiger partial charge in [-0.2, -0.15) is 0 Å². The molecule has 3 heterocycles. The number of carbonyl (C=O) groups excluding carboxylic acids is 2. The fourth-order valence-electron chi connectivity index (χ4n) is 3.98. The molecule has 2 atom stereocenters. The Labute approximate surface area is 154 Å². The zero-order valence-corrected chi connectivity index (χ0v) is 15.4. The molecular formula is C18H20BrFN2O3. The van der Waals surface area contributed by atoms with Crippen LogP contribution in [0.5, 0.6) is 0 Å². The molecule has 0 radical (unpaired) electrons. The maximum atomic E-state index is 15.0. The summed E-state index contributed by atoms with van der Waals surface area (Å²) in [6.45, 7) is 1.46. The Morgan fingerprint density at radius 3 is 2.68 bits per heavy atom. The highest BCUT2D eigenvalue weighted by molar-refractivity contribution is 9.10. The van der Waals surface area contributed by atoms with E-state index in [4.69, 9.17) is 4.74 Å². The molecule has 3 saturated heterocycles. The molecule has 0 aliphatic carbocycles. The van der Waals surface area contributed by atoms with Crippen LogP contribution in [0.25, 0.3) is 0 Å². The highest BCUT2D eigenvalue weighted by atomic mass is 79.9. The normalized spacial score (nSPS) is 28.3. The minimum Gasteiger partial charge on any atom is -0.370 e. The number of Topliss-reactive ketones (excluding diaryl/α,β-unsaturated/α-hetero) is 1. The van der Waals surface area contributed by atoms with Gasteiger partial charge in [-0.25, -0.2) is 9.18 Å². The van der Waals surface area contributed by atoms with E-state index in [0.717, 1.165) is 10.9 Å². The largest absolute Gasteiger partial charge is 0.370 e. The van der Waals surface area contributed by atoms with Gasteiger partial charge in [0.05, 0.1) is 19.2 Å². The molecule has 4 rings (SSSR count). The molecule has 5 nitrogen and oxygen atoms in total. The lowest BCUT2D eigenvalue weighted by molar-refractivity contribution is -0.140. The van der Waals surface area contributed by atoms with Crippen LogP contribution in [0, 0.1) is 5.92 Å². The first-order valence-corrected chi connectivity index (χ1v) is 9.36. The Balaban J connectivity index is 1.37. The van der Waals surface area contributed by atoms with E-state index >= 15 is 0 Å². The number of ketones is 1. The maximum Gasteiger partial charge on any atom is 0.320 e. The molecule has 0 unspecified atom stereocenters. The molecule has 1 aromatic rings. The van der Waals surface area contributed by atoms with Crippen LogP contribution in [-0.2, 0) is 15.2 Å². The number of carbonyl (C=O) groups is 2. The summed E-state index contributed by atoms with van der Waals surface area (Å²) >= 11 is 3.34. The van der Waals surface area contributed by atoms with Crippen LogP contribution in [0.3, 0.4) is 0 Å². The van der Waals surface area contributed by atoms with Crippen molar-refractivity contribution in [2.75, 3.05) is 32.8 Å². The van der Waals surface area contributed by atoms with Gasteiger partial charge in [-0.1, -0.05) is 28.1 Å². The molecule has 134 valence electrons. The van der Waals surface area contributed by atoms with Crippen LogP contribution in [-0.4, -0.2) is 60.5 Å². The number of urea groups is 1. The average molecular weight is 411 g/mol. The minimum absolute atomic E-state index is 0.0705. The van der Waals surface area contributed by atoms with Gasteiger partial charge in [-0.05, 0) is 24.1 Å². The van der Waals surface area contributed by atoms with Crippen LogP contribution < -0.4 is 0 Å². The molecule has 0 aromatic heterocycles. The highest BCUT2D eigenvalue weighted by Crippen LogP contribution is 2.38. The van der Waals surface area contributed by atoms with E-state index < -0.39 is 5.67 Å². The molecule has 0 spiro atoms. The quantitative estimate of drug-likeness (QED) is 0.714. The van der Waals surface area contributed by atoms with Crippen molar-refractivity contribution in [3.63, 3.8) is 0 Å². The summed E-state index contributed by atoms with van der Waals surface area (Å²) in [6, 6.07) is 6.99. The molecule has 3 fully saturated rings. The third kappa shape index (κ3) is 3.19. The molecule has 2 amide bonds. The van der Waals surface area contributed by atoms with Crippen molar-refractivity contribution in [1.29, 1.82) is 0 Å². The lowest BCUT2D eigenvalue weighted by atomic mass is 9.87. The molecule has 7 heteroatoms. The van der Waals surface area contributed by atoms with Gasteiger partial charge < -0.3 is 14.5 Å². The first-order valence-electron chi connectivity index (χ1n) is 8.57. The molecule has 3 aliphatic heterocycles. The standard InChI is InChI=1S/C18H20BrFN2O3/c19-14-3-1-13(2-4-14)18(20)10-22(11-18)17(24)21-6-5-16-12(8-21)7-15(23)9-25-16/h1-4,12,16H,5-11H2/t12-,16+/m1/s1. The van der Waals surface area contributed by atoms with Crippen LogP contribution in [0.4, 0.5) is 9.18 Å². The van der Waals surface area contributed by atoms with Gasteiger partial charge >= 0.3 is 6.03 Å². The van der Waals surface area contributed by atoms with Gasteiger partial charge in [-0.3, -0.25) is 4.79 Å². The Bertz CT molecular complexity index is 690. The van der Waals surface area contributed by atoms with Gasteiger partial charge in [-0.15, -0.1) is 0 Å². The second-order valence-corrected chi connectivity index (χ2v) is 8.11. The Hall–Kier alpha value is -1.47. The first-order chi connectivity index (χ1) is 11.9. The van der Waals surface area contributed by atoms with Gasteiger partial charge in [0.1, 0.15) is 6.61 Å². The summed E-state index contributed by atoms with van der Waals surface area (Å²) in [7, 11) is 0. The predicted octanol–water partition coefficient (Wildman–Crippen LogP) is 2.73. The second-order valence-electron chi connectivity index (χ2n) is 7.20. The van der Waals surface area contributed by atoms with Crippen molar-refractivity contribution in [2.24, 2.45) is 5.92 Å². The van der Waals surface area contributed by atoms with E-state index in [-0.39, 0.29) is 43.5 Å². The van der Waals surface area contributed by atoms with Crippen LogP contribution in [0.15, 0.2) is 28.7 Å². The monoisotopic (exact) mass is 410 g/mol. The van der Waals surface area contributed by atoms with Gasteiger partial charge in [0.2, 0.25) is 0 Å². The smallest absolute Gasteiger partial charge is 0.320 e. The van der Waals surface area contributed by atoms with Crippen molar-refractivity contribution in [3.05, 3.63) is 34.3 Å². The SMILES string of the molecule is O=C1CO[C@H]2CCN(C(=O)N3CC(F)(c4ccc(Br)cc4)C3)C[C@H]2C1. The number of alkyl halides is 1. The number of halogens is 2. The molecule has 3 aliphatic rings. The zero-order valence-electron chi connectivity index (χ0n) is 13.8.